The second-order valence-electron chi connectivity index (χ2n) is 15.6. The molecule has 10 aromatic carbocycles. The molecular weight excluding hydrogens is 661 g/mol. The Bertz CT molecular complexity index is 3170. The van der Waals surface area contributed by atoms with Crippen molar-refractivity contribution in [3.05, 3.63) is 205 Å². The molecule has 258 valence electrons. The Morgan fingerprint density at radius 2 is 0.818 bits per heavy atom. The van der Waals surface area contributed by atoms with Crippen LogP contribution in [-0.4, -0.2) is 0 Å². The summed E-state index contributed by atoms with van der Waals surface area (Å²) in [6.45, 7) is 4.76. The molecule has 0 radical (unpaired) electrons. The van der Waals surface area contributed by atoms with E-state index in [2.05, 4.69) is 208 Å². The van der Waals surface area contributed by atoms with Crippen LogP contribution in [0.3, 0.4) is 0 Å². The first-order chi connectivity index (χ1) is 27.0. The number of rotatable bonds is 4. The molecule has 1 aliphatic carbocycles. The minimum absolute atomic E-state index is 0.0961. The van der Waals surface area contributed by atoms with Crippen molar-refractivity contribution in [1.82, 2.24) is 0 Å². The highest BCUT2D eigenvalue weighted by Crippen LogP contribution is 2.52. The number of hydrogen-bond acceptors (Lipinski definition) is 0. The third-order valence-electron chi connectivity index (χ3n) is 12.3. The molecule has 1 aliphatic rings. The van der Waals surface area contributed by atoms with Crippen molar-refractivity contribution in [3.8, 4) is 55.6 Å². The normalized spacial score (nSPS) is 13.1. The van der Waals surface area contributed by atoms with Crippen LogP contribution in [0.25, 0.3) is 98.7 Å². The van der Waals surface area contributed by atoms with Crippen molar-refractivity contribution >= 4 is 43.1 Å². The first-order valence-corrected chi connectivity index (χ1v) is 19.3. The molecule has 0 unspecified atom stereocenters. The summed E-state index contributed by atoms with van der Waals surface area (Å²) < 4.78 is 0. The fraction of sp³-hybridized carbons (Fsp3) is 0.0545. The van der Waals surface area contributed by atoms with Crippen molar-refractivity contribution in [2.24, 2.45) is 0 Å². The maximum Gasteiger partial charge on any atom is 0.0159 e. The van der Waals surface area contributed by atoms with Crippen LogP contribution >= 0.6 is 0 Å². The summed E-state index contributed by atoms with van der Waals surface area (Å²) in [5, 5.41) is 10.1. The quantitative estimate of drug-likeness (QED) is 0.161. The summed E-state index contributed by atoms with van der Waals surface area (Å²) in [5.41, 5.74) is 15.4. The van der Waals surface area contributed by atoms with Gasteiger partial charge in [-0.1, -0.05) is 190 Å². The van der Waals surface area contributed by atoms with Gasteiger partial charge in [-0.3, -0.25) is 0 Å². The highest BCUT2D eigenvalue weighted by molar-refractivity contribution is 6.23. The van der Waals surface area contributed by atoms with E-state index in [1.165, 1.54) is 110 Å². The van der Waals surface area contributed by atoms with Crippen molar-refractivity contribution in [1.29, 1.82) is 0 Å². The first kappa shape index (κ1) is 31.7. The Morgan fingerprint density at radius 1 is 0.273 bits per heavy atom. The van der Waals surface area contributed by atoms with E-state index in [0.29, 0.717) is 0 Å². The van der Waals surface area contributed by atoms with Gasteiger partial charge in [-0.25, -0.2) is 0 Å². The van der Waals surface area contributed by atoms with Crippen molar-refractivity contribution in [2.45, 2.75) is 19.3 Å². The maximum atomic E-state index is 2.49. The van der Waals surface area contributed by atoms with E-state index in [4.69, 9.17) is 0 Å². The van der Waals surface area contributed by atoms with Gasteiger partial charge in [-0.05, 0) is 128 Å². The fourth-order valence-corrected chi connectivity index (χ4v) is 9.58. The zero-order chi connectivity index (χ0) is 36.7. The average Bonchev–Trinajstić information content (AvgIpc) is 3.47. The second kappa shape index (κ2) is 12.1. The Morgan fingerprint density at radius 3 is 1.65 bits per heavy atom. The predicted molar refractivity (Wildman–Crippen MR) is 236 cm³/mol. The van der Waals surface area contributed by atoms with Gasteiger partial charge in [0.25, 0.3) is 0 Å². The standard InChI is InChI=1S/C55H38/c1-55(2)51-25-12-11-20-44(51)45-30-29-40(34-52(45)55)53-47-22-9-10-23-48(47)54(46-21-8-7-19-43(46)42-24-13-17-36-15-5-6-18-41(36)42)49-31-28-39(33-50(49)53)38-27-26-35-14-3-4-16-37(35)32-38/h3-34H,1-2H3. The molecule has 0 aromatic heterocycles. The largest absolute Gasteiger partial charge is 0.0619 e. The van der Waals surface area contributed by atoms with Crippen LogP contribution in [0.4, 0.5) is 0 Å². The Balaban J connectivity index is 1.23. The minimum Gasteiger partial charge on any atom is -0.0619 e. The highest BCUT2D eigenvalue weighted by Gasteiger charge is 2.35. The van der Waals surface area contributed by atoms with Crippen LogP contribution in [-0.2, 0) is 5.41 Å². The number of fused-ring (bicyclic) bond motifs is 7. The summed E-state index contributed by atoms with van der Waals surface area (Å²) in [6.07, 6.45) is 0. The van der Waals surface area contributed by atoms with Crippen LogP contribution < -0.4 is 0 Å². The molecule has 0 heterocycles. The van der Waals surface area contributed by atoms with Gasteiger partial charge in [0, 0.05) is 5.41 Å². The molecule has 0 saturated heterocycles. The second-order valence-corrected chi connectivity index (χ2v) is 15.6. The lowest BCUT2D eigenvalue weighted by atomic mass is 9.79. The van der Waals surface area contributed by atoms with Gasteiger partial charge in [-0.15, -0.1) is 0 Å². The summed E-state index contributed by atoms with van der Waals surface area (Å²) in [6, 6.07) is 72.4. The molecule has 0 saturated carbocycles. The van der Waals surface area contributed by atoms with Gasteiger partial charge in [0.1, 0.15) is 0 Å². The van der Waals surface area contributed by atoms with Crippen LogP contribution in [0, 0.1) is 0 Å². The van der Waals surface area contributed by atoms with Gasteiger partial charge in [0.2, 0.25) is 0 Å². The highest BCUT2D eigenvalue weighted by atomic mass is 14.4. The van der Waals surface area contributed by atoms with E-state index in [1.807, 2.05) is 0 Å². The van der Waals surface area contributed by atoms with E-state index < -0.39 is 0 Å². The van der Waals surface area contributed by atoms with E-state index >= 15 is 0 Å². The maximum absolute atomic E-state index is 2.49. The third-order valence-corrected chi connectivity index (χ3v) is 12.3. The SMILES string of the molecule is CC1(C)c2ccccc2-c2ccc(-c3c4ccccc4c(-c4ccccc4-c4cccc5ccccc45)c4ccc(-c5ccc6ccccc6c5)cc34)cc21. The molecule has 0 N–H and O–H groups in total. The molecule has 55 heavy (non-hydrogen) atoms. The molecule has 0 atom stereocenters. The Labute approximate surface area is 322 Å². The molecule has 11 rings (SSSR count). The van der Waals surface area contributed by atoms with Gasteiger partial charge in [-0.2, -0.15) is 0 Å². The molecule has 0 bridgehead atoms. The Hall–Kier alpha value is -6.76. The van der Waals surface area contributed by atoms with E-state index in [-0.39, 0.29) is 5.41 Å². The van der Waals surface area contributed by atoms with Crippen molar-refractivity contribution in [2.75, 3.05) is 0 Å². The van der Waals surface area contributed by atoms with E-state index in [1.54, 1.807) is 0 Å². The first-order valence-electron chi connectivity index (χ1n) is 19.3. The summed E-state index contributed by atoms with van der Waals surface area (Å²) in [4.78, 5) is 0. The summed E-state index contributed by atoms with van der Waals surface area (Å²) >= 11 is 0. The molecule has 0 heteroatoms. The van der Waals surface area contributed by atoms with Gasteiger partial charge in [0.05, 0.1) is 0 Å². The molecular formula is C55H38. The molecule has 0 nitrogen and oxygen atoms in total. The van der Waals surface area contributed by atoms with Crippen LogP contribution in [0.1, 0.15) is 25.0 Å². The predicted octanol–water partition coefficient (Wildman–Crippen LogP) is 15.3. The molecule has 0 amide bonds. The van der Waals surface area contributed by atoms with Crippen LogP contribution in [0.5, 0.6) is 0 Å². The van der Waals surface area contributed by atoms with Gasteiger partial charge >= 0.3 is 0 Å². The molecule has 10 aromatic rings. The summed E-state index contributed by atoms with van der Waals surface area (Å²) in [7, 11) is 0. The zero-order valence-electron chi connectivity index (χ0n) is 31.0. The third kappa shape index (κ3) is 4.85. The zero-order valence-corrected chi connectivity index (χ0v) is 31.0. The minimum atomic E-state index is -0.0961. The topological polar surface area (TPSA) is 0 Å². The lowest BCUT2D eigenvalue weighted by molar-refractivity contribution is 0.660. The van der Waals surface area contributed by atoms with Gasteiger partial charge < -0.3 is 0 Å². The lowest BCUT2D eigenvalue weighted by Crippen LogP contribution is -2.14. The van der Waals surface area contributed by atoms with Gasteiger partial charge in [0.15, 0.2) is 0 Å². The molecule has 0 spiro atoms. The molecule has 0 aliphatic heterocycles. The smallest absolute Gasteiger partial charge is 0.0159 e. The van der Waals surface area contributed by atoms with Crippen LogP contribution in [0.15, 0.2) is 194 Å². The fourth-order valence-electron chi connectivity index (χ4n) is 9.58. The monoisotopic (exact) mass is 698 g/mol. The van der Waals surface area contributed by atoms with E-state index in [0.717, 1.165) is 0 Å². The van der Waals surface area contributed by atoms with Crippen LogP contribution in [0.2, 0.25) is 0 Å². The number of benzene rings is 10. The van der Waals surface area contributed by atoms with E-state index in [9.17, 15) is 0 Å². The lowest BCUT2D eigenvalue weighted by Gasteiger charge is -2.23. The average molecular weight is 699 g/mol. The van der Waals surface area contributed by atoms with Crippen molar-refractivity contribution in [3.63, 3.8) is 0 Å². The van der Waals surface area contributed by atoms with Crippen molar-refractivity contribution < 1.29 is 0 Å². The summed E-state index contributed by atoms with van der Waals surface area (Å²) in [5.74, 6) is 0. The molecule has 0 fully saturated rings. The number of hydrogen-bond donors (Lipinski definition) is 0. The Kier molecular flexibility index (Phi) is 7.00.